The quantitative estimate of drug-likeness (QED) is 0.786. The normalized spacial score (nSPS) is 26.0. The van der Waals surface area contributed by atoms with E-state index < -0.39 is 0 Å². The number of nitrogens with one attached hydrogen (secondary N) is 1. The minimum absolute atomic E-state index is 0.444. The lowest BCUT2D eigenvalue weighted by Crippen LogP contribution is -2.44. The molecule has 2 heteroatoms. The number of allylic oxidation sites excluding steroid dienone is 1. The molecule has 2 nitrogen and oxygen atoms in total. The van der Waals surface area contributed by atoms with Gasteiger partial charge >= 0.3 is 0 Å². The van der Waals surface area contributed by atoms with Crippen molar-refractivity contribution in [2.24, 2.45) is 4.99 Å². The van der Waals surface area contributed by atoms with Crippen LogP contribution in [0.3, 0.4) is 0 Å². The maximum absolute atomic E-state index is 4.83. The standard InChI is InChI=1S/C15H18N2/c1-2-3-7-14-15-12(9-10-16-14)11-6-4-5-8-13(11)17-15/h2,4-6,8,12,14,16H,1,3,7,9-10H2. The number of para-hydroxylation sites is 1. The minimum Gasteiger partial charge on any atom is -0.309 e. The zero-order valence-electron chi connectivity index (χ0n) is 10.0. The lowest BCUT2D eigenvalue weighted by molar-refractivity contribution is 0.513. The molecular formula is C15H18N2. The minimum atomic E-state index is 0.444. The van der Waals surface area contributed by atoms with E-state index >= 15 is 0 Å². The molecular weight excluding hydrogens is 208 g/mol. The van der Waals surface area contributed by atoms with Gasteiger partial charge in [0, 0.05) is 17.7 Å². The van der Waals surface area contributed by atoms with E-state index in [1.165, 1.54) is 23.4 Å². The molecule has 1 saturated heterocycles. The zero-order chi connectivity index (χ0) is 11.7. The molecule has 88 valence electrons. The first kappa shape index (κ1) is 10.7. The second kappa shape index (κ2) is 4.46. The summed E-state index contributed by atoms with van der Waals surface area (Å²) in [7, 11) is 0. The van der Waals surface area contributed by atoms with Gasteiger partial charge in [-0.1, -0.05) is 24.3 Å². The van der Waals surface area contributed by atoms with Crippen molar-refractivity contribution in [1.82, 2.24) is 5.32 Å². The number of piperidine rings is 1. The van der Waals surface area contributed by atoms with Gasteiger partial charge in [-0.25, -0.2) is 0 Å². The number of benzene rings is 1. The Kier molecular flexibility index (Phi) is 2.81. The molecule has 17 heavy (non-hydrogen) atoms. The molecule has 3 rings (SSSR count). The van der Waals surface area contributed by atoms with Crippen LogP contribution in [0, 0.1) is 0 Å². The summed E-state index contributed by atoms with van der Waals surface area (Å²) in [6, 6.07) is 9.00. The summed E-state index contributed by atoms with van der Waals surface area (Å²) in [6.45, 7) is 4.90. The lowest BCUT2D eigenvalue weighted by Gasteiger charge is -2.29. The van der Waals surface area contributed by atoms with E-state index in [0.717, 1.165) is 19.4 Å². The summed E-state index contributed by atoms with van der Waals surface area (Å²) in [5.41, 5.74) is 3.95. The van der Waals surface area contributed by atoms with Crippen molar-refractivity contribution >= 4 is 11.4 Å². The van der Waals surface area contributed by atoms with Crippen molar-refractivity contribution in [1.29, 1.82) is 0 Å². The summed E-state index contributed by atoms with van der Waals surface area (Å²) in [6.07, 6.45) is 5.35. The van der Waals surface area contributed by atoms with E-state index in [9.17, 15) is 0 Å². The van der Waals surface area contributed by atoms with E-state index in [0.29, 0.717) is 12.0 Å². The second-order valence-corrected chi connectivity index (χ2v) is 4.81. The zero-order valence-corrected chi connectivity index (χ0v) is 10.0. The van der Waals surface area contributed by atoms with Gasteiger partial charge in [0.25, 0.3) is 0 Å². The predicted octanol–water partition coefficient (Wildman–Crippen LogP) is 3.18. The van der Waals surface area contributed by atoms with E-state index in [-0.39, 0.29) is 0 Å². The highest BCUT2D eigenvalue weighted by atomic mass is 15.0. The van der Waals surface area contributed by atoms with Gasteiger partial charge in [0.1, 0.15) is 0 Å². The van der Waals surface area contributed by atoms with Crippen molar-refractivity contribution in [2.75, 3.05) is 6.54 Å². The fraction of sp³-hybridized carbons (Fsp3) is 0.400. The van der Waals surface area contributed by atoms with Crippen molar-refractivity contribution < 1.29 is 0 Å². The van der Waals surface area contributed by atoms with Crippen LogP contribution in [0.25, 0.3) is 0 Å². The fourth-order valence-electron chi connectivity index (χ4n) is 2.93. The van der Waals surface area contributed by atoms with Gasteiger partial charge in [0.15, 0.2) is 0 Å². The third kappa shape index (κ3) is 1.83. The fourth-order valence-corrected chi connectivity index (χ4v) is 2.93. The molecule has 0 saturated carbocycles. The van der Waals surface area contributed by atoms with E-state index in [2.05, 4.69) is 36.2 Å². The topological polar surface area (TPSA) is 24.4 Å². The van der Waals surface area contributed by atoms with Crippen molar-refractivity contribution in [3.63, 3.8) is 0 Å². The highest BCUT2D eigenvalue weighted by Crippen LogP contribution is 2.40. The van der Waals surface area contributed by atoms with Crippen LogP contribution in [0.4, 0.5) is 5.69 Å². The summed E-state index contributed by atoms with van der Waals surface area (Å²) in [4.78, 5) is 4.83. The number of aliphatic imine (C=N–C) groups is 1. The number of rotatable bonds is 3. The number of nitrogens with zero attached hydrogens (tertiary/aromatic N) is 1. The monoisotopic (exact) mass is 226 g/mol. The van der Waals surface area contributed by atoms with Crippen LogP contribution >= 0.6 is 0 Å². The molecule has 2 aliphatic rings. The molecule has 2 heterocycles. The lowest BCUT2D eigenvalue weighted by atomic mass is 9.85. The second-order valence-electron chi connectivity index (χ2n) is 4.81. The van der Waals surface area contributed by atoms with Crippen LogP contribution in [-0.2, 0) is 0 Å². The first-order valence-corrected chi connectivity index (χ1v) is 6.42. The van der Waals surface area contributed by atoms with Gasteiger partial charge in [0.05, 0.1) is 5.69 Å². The highest BCUT2D eigenvalue weighted by molar-refractivity contribution is 6.02. The summed E-state index contributed by atoms with van der Waals surface area (Å²) < 4.78 is 0. The van der Waals surface area contributed by atoms with Crippen molar-refractivity contribution in [3.05, 3.63) is 42.5 Å². The first-order valence-electron chi connectivity index (χ1n) is 6.42. The van der Waals surface area contributed by atoms with Gasteiger partial charge < -0.3 is 5.32 Å². The van der Waals surface area contributed by atoms with Crippen LogP contribution in [0.5, 0.6) is 0 Å². The van der Waals surface area contributed by atoms with Crippen LogP contribution < -0.4 is 5.32 Å². The highest BCUT2D eigenvalue weighted by Gasteiger charge is 2.34. The number of hydrogen-bond acceptors (Lipinski definition) is 2. The maximum Gasteiger partial charge on any atom is 0.0668 e. The summed E-state index contributed by atoms with van der Waals surface area (Å²) >= 11 is 0. The van der Waals surface area contributed by atoms with Gasteiger partial charge in [-0.15, -0.1) is 6.58 Å². The summed E-state index contributed by atoms with van der Waals surface area (Å²) in [5.74, 6) is 0.558. The number of fused-ring (bicyclic) bond motifs is 3. The van der Waals surface area contributed by atoms with Gasteiger partial charge in [-0.2, -0.15) is 0 Å². The molecule has 2 unspecified atom stereocenters. The Balaban J connectivity index is 1.89. The molecule has 0 bridgehead atoms. The SMILES string of the molecule is C=CCCC1NCCC2C1=Nc1ccccc12. The molecule has 2 aliphatic heterocycles. The molecule has 1 aromatic rings. The Morgan fingerprint density at radius 1 is 1.41 bits per heavy atom. The average Bonchev–Trinajstić information content (AvgIpc) is 2.75. The molecule has 1 fully saturated rings. The molecule has 0 aliphatic carbocycles. The van der Waals surface area contributed by atoms with Gasteiger partial charge in [-0.05, 0) is 37.4 Å². The number of hydrogen-bond donors (Lipinski definition) is 1. The average molecular weight is 226 g/mol. The Bertz CT molecular complexity index is 462. The molecule has 0 spiro atoms. The van der Waals surface area contributed by atoms with Crippen LogP contribution in [0.1, 0.15) is 30.7 Å². The van der Waals surface area contributed by atoms with Gasteiger partial charge in [0.2, 0.25) is 0 Å². The van der Waals surface area contributed by atoms with Crippen molar-refractivity contribution in [2.45, 2.75) is 31.2 Å². The maximum atomic E-state index is 4.83. The first-order chi connectivity index (χ1) is 8.40. The Morgan fingerprint density at radius 3 is 3.18 bits per heavy atom. The van der Waals surface area contributed by atoms with E-state index in [1.54, 1.807) is 0 Å². The molecule has 2 atom stereocenters. The molecule has 0 radical (unpaired) electrons. The third-order valence-electron chi connectivity index (χ3n) is 3.76. The molecule has 0 aromatic heterocycles. The molecule has 1 aromatic carbocycles. The van der Waals surface area contributed by atoms with Crippen LogP contribution in [-0.4, -0.2) is 18.3 Å². The van der Waals surface area contributed by atoms with Crippen LogP contribution in [0.2, 0.25) is 0 Å². The van der Waals surface area contributed by atoms with E-state index in [4.69, 9.17) is 4.99 Å². The van der Waals surface area contributed by atoms with Crippen molar-refractivity contribution in [3.8, 4) is 0 Å². The predicted molar refractivity (Wildman–Crippen MR) is 72.1 cm³/mol. The Hall–Kier alpha value is -1.41. The molecule has 0 amide bonds. The van der Waals surface area contributed by atoms with Crippen LogP contribution in [0.15, 0.2) is 41.9 Å². The summed E-state index contributed by atoms with van der Waals surface area (Å²) in [5, 5.41) is 3.58. The Labute approximate surface area is 102 Å². The van der Waals surface area contributed by atoms with E-state index in [1.807, 2.05) is 6.08 Å². The largest absolute Gasteiger partial charge is 0.309 e. The van der Waals surface area contributed by atoms with Gasteiger partial charge in [-0.3, -0.25) is 4.99 Å². The Morgan fingerprint density at radius 2 is 2.29 bits per heavy atom. The smallest absolute Gasteiger partial charge is 0.0668 e. The third-order valence-corrected chi connectivity index (χ3v) is 3.76. The molecule has 1 N–H and O–H groups in total.